The molecule has 0 aromatic carbocycles. The van der Waals surface area contributed by atoms with Gasteiger partial charge in [0.05, 0.1) is 0 Å². The number of nitrogens with one attached hydrogen (secondary N) is 1. The van der Waals surface area contributed by atoms with Gasteiger partial charge in [-0.05, 0) is 31.9 Å². The Morgan fingerprint density at radius 1 is 1.26 bits per heavy atom. The lowest BCUT2D eigenvalue weighted by Gasteiger charge is -2.31. The minimum Gasteiger partial charge on any atom is -0.335 e. The molecule has 0 spiro atoms. The van der Waals surface area contributed by atoms with E-state index in [1.165, 1.54) is 0 Å². The molecule has 1 fully saturated rings. The molecule has 1 saturated heterocycles. The normalized spacial score (nSPS) is 17.9. The summed E-state index contributed by atoms with van der Waals surface area (Å²) in [6, 6.07) is 3.32. The number of amides is 2. The lowest BCUT2D eigenvalue weighted by atomic mass is 10.1. The lowest BCUT2D eigenvalue weighted by Crippen LogP contribution is -2.42. The van der Waals surface area contributed by atoms with Crippen LogP contribution < -0.4 is 0 Å². The summed E-state index contributed by atoms with van der Waals surface area (Å²) in [6.07, 6.45) is 2.33. The van der Waals surface area contributed by atoms with Gasteiger partial charge in [0.25, 0.3) is 5.91 Å². The number of hydrogen-bond donors (Lipinski definition) is 1. The molecule has 1 atom stereocenters. The van der Waals surface area contributed by atoms with E-state index in [9.17, 15) is 9.59 Å². The van der Waals surface area contributed by atoms with Gasteiger partial charge in [-0.15, -0.1) is 0 Å². The summed E-state index contributed by atoms with van der Waals surface area (Å²) in [5.41, 5.74) is 1.29. The molecule has 144 valence electrons. The number of pyridine rings is 1. The third kappa shape index (κ3) is 3.99. The quantitative estimate of drug-likeness (QED) is 0.890. The first-order valence-corrected chi connectivity index (χ1v) is 9.28. The van der Waals surface area contributed by atoms with E-state index in [1.54, 1.807) is 11.1 Å². The fraction of sp³-hybridized carbons (Fsp3) is 0.526. The number of aryl methyl sites for hydroxylation is 2. The first-order valence-electron chi connectivity index (χ1n) is 9.28. The van der Waals surface area contributed by atoms with Crippen LogP contribution in [0.2, 0.25) is 0 Å². The Kier molecular flexibility index (Phi) is 5.53. The SMILES string of the molecule is Cc1nc(C2CN(C(=O)c3ncccc3C)CCCN2C(=O)C(C)C)n[nH]1. The number of rotatable bonds is 3. The second kappa shape index (κ2) is 7.85. The Bertz CT molecular complexity index is 831. The van der Waals surface area contributed by atoms with Crippen molar-refractivity contribution in [3.05, 3.63) is 41.2 Å². The maximum absolute atomic E-state index is 13.1. The van der Waals surface area contributed by atoms with Crippen LogP contribution in [0, 0.1) is 19.8 Å². The van der Waals surface area contributed by atoms with E-state index in [2.05, 4.69) is 20.2 Å². The van der Waals surface area contributed by atoms with Gasteiger partial charge in [0.2, 0.25) is 5.91 Å². The van der Waals surface area contributed by atoms with Gasteiger partial charge in [0.15, 0.2) is 5.82 Å². The van der Waals surface area contributed by atoms with Crippen LogP contribution in [0.4, 0.5) is 0 Å². The zero-order chi connectivity index (χ0) is 19.6. The van der Waals surface area contributed by atoms with Gasteiger partial charge in [-0.25, -0.2) is 4.98 Å². The largest absolute Gasteiger partial charge is 0.335 e. The number of hydrogen-bond acceptors (Lipinski definition) is 5. The predicted octanol–water partition coefficient (Wildman–Crippen LogP) is 1.89. The summed E-state index contributed by atoms with van der Waals surface area (Å²) < 4.78 is 0. The van der Waals surface area contributed by atoms with Crippen molar-refractivity contribution >= 4 is 11.8 Å². The molecule has 0 radical (unpaired) electrons. The van der Waals surface area contributed by atoms with Crippen molar-refractivity contribution in [3.8, 4) is 0 Å². The molecule has 0 bridgehead atoms. The highest BCUT2D eigenvalue weighted by Crippen LogP contribution is 2.25. The molecule has 2 aromatic rings. The van der Waals surface area contributed by atoms with E-state index in [0.29, 0.717) is 43.4 Å². The van der Waals surface area contributed by atoms with Crippen LogP contribution >= 0.6 is 0 Å². The Hall–Kier alpha value is -2.77. The predicted molar refractivity (Wildman–Crippen MR) is 99.9 cm³/mol. The molecule has 0 aliphatic carbocycles. The number of nitrogens with zero attached hydrogens (tertiary/aromatic N) is 5. The molecule has 2 amide bonds. The van der Waals surface area contributed by atoms with Crippen molar-refractivity contribution in [2.75, 3.05) is 19.6 Å². The zero-order valence-corrected chi connectivity index (χ0v) is 16.3. The molecule has 1 N–H and O–H groups in total. The van der Waals surface area contributed by atoms with Gasteiger partial charge >= 0.3 is 0 Å². The minimum absolute atomic E-state index is 0.0470. The Balaban J connectivity index is 1.92. The molecule has 1 aliphatic rings. The minimum atomic E-state index is -0.375. The maximum atomic E-state index is 13.1. The molecule has 27 heavy (non-hydrogen) atoms. The molecule has 1 aliphatic heterocycles. The van der Waals surface area contributed by atoms with Crippen molar-refractivity contribution in [2.24, 2.45) is 5.92 Å². The molecule has 0 saturated carbocycles. The summed E-state index contributed by atoms with van der Waals surface area (Å²) in [5.74, 6) is 1.02. The van der Waals surface area contributed by atoms with Gasteiger partial charge in [-0.3, -0.25) is 19.7 Å². The maximum Gasteiger partial charge on any atom is 0.272 e. The highest BCUT2D eigenvalue weighted by Gasteiger charge is 2.35. The van der Waals surface area contributed by atoms with E-state index >= 15 is 0 Å². The summed E-state index contributed by atoms with van der Waals surface area (Å²) >= 11 is 0. The molecular weight excluding hydrogens is 344 g/mol. The molecule has 3 rings (SSSR count). The van der Waals surface area contributed by atoms with E-state index < -0.39 is 0 Å². The number of carbonyl (C=O) groups excluding carboxylic acids is 2. The number of H-pyrrole nitrogens is 1. The van der Waals surface area contributed by atoms with Crippen LogP contribution in [-0.2, 0) is 4.79 Å². The molecule has 1 unspecified atom stereocenters. The third-order valence-electron chi connectivity index (χ3n) is 4.79. The van der Waals surface area contributed by atoms with Gasteiger partial charge < -0.3 is 9.80 Å². The van der Waals surface area contributed by atoms with Crippen LogP contribution in [0.3, 0.4) is 0 Å². The average Bonchev–Trinajstić information content (AvgIpc) is 2.95. The highest BCUT2D eigenvalue weighted by atomic mass is 16.2. The molecular formula is C19H26N6O2. The van der Waals surface area contributed by atoms with Crippen molar-refractivity contribution < 1.29 is 9.59 Å². The van der Waals surface area contributed by atoms with Crippen LogP contribution in [0.25, 0.3) is 0 Å². The van der Waals surface area contributed by atoms with Crippen molar-refractivity contribution in [2.45, 2.75) is 40.2 Å². The third-order valence-corrected chi connectivity index (χ3v) is 4.79. The van der Waals surface area contributed by atoms with Gasteiger partial charge in [0.1, 0.15) is 17.6 Å². The summed E-state index contributed by atoms with van der Waals surface area (Å²) in [4.78, 5) is 38.1. The first-order chi connectivity index (χ1) is 12.9. The number of carbonyl (C=O) groups is 2. The number of aromatic amines is 1. The molecule has 2 aromatic heterocycles. The standard InChI is InChI=1S/C19H26N6O2/c1-12(2)18(26)25-10-6-9-24(11-15(25)17-21-14(4)22-23-17)19(27)16-13(3)7-5-8-20-16/h5,7-8,12,15H,6,9-11H2,1-4H3,(H,21,22,23). The van der Waals surface area contributed by atoms with Crippen LogP contribution in [0.1, 0.15) is 54.0 Å². The Morgan fingerprint density at radius 2 is 2.04 bits per heavy atom. The second-order valence-corrected chi connectivity index (χ2v) is 7.25. The highest BCUT2D eigenvalue weighted by molar-refractivity contribution is 5.93. The fourth-order valence-corrected chi connectivity index (χ4v) is 3.36. The Morgan fingerprint density at radius 3 is 2.67 bits per heavy atom. The fourth-order valence-electron chi connectivity index (χ4n) is 3.36. The van der Waals surface area contributed by atoms with Gasteiger partial charge in [-0.1, -0.05) is 19.9 Å². The summed E-state index contributed by atoms with van der Waals surface area (Å²) in [5, 5.41) is 7.12. The van der Waals surface area contributed by atoms with Crippen LogP contribution in [-0.4, -0.2) is 61.4 Å². The second-order valence-electron chi connectivity index (χ2n) is 7.25. The molecule has 8 heteroatoms. The van der Waals surface area contributed by atoms with Gasteiger partial charge in [0, 0.05) is 31.7 Å². The monoisotopic (exact) mass is 370 g/mol. The topological polar surface area (TPSA) is 95.1 Å². The zero-order valence-electron chi connectivity index (χ0n) is 16.3. The van der Waals surface area contributed by atoms with Crippen LogP contribution in [0.15, 0.2) is 18.3 Å². The Labute approximate surface area is 159 Å². The van der Waals surface area contributed by atoms with Crippen molar-refractivity contribution in [3.63, 3.8) is 0 Å². The smallest absolute Gasteiger partial charge is 0.272 e. The van der Waals surface area contributed by atoms with Gasteiger partial charge in [-0.2, -0.15) is 5.10 Å². The molecule has 8 nitrogen and oxygen atoms in total. The van der Waals surface area contributed by atoms with E-state index in [1.807, 2.05) is 44.7 Å². The van der Waals surface area contributed by atoms with E-state index in [0.717, 1.165) is 5.56 Å². The average molecular weight is 370 g/mol. The molecule has 3 heterocycles. The van der Waals surface area contributed by atoms with Crippen molar-refractivity contribution in [1.82, 2.24) is 30.0 Å². The summed E-state index contributed by atoms with van der Waals surface area (Å²) in [6.45, 7) is 8.95. The van der Waals surface area contributed by atoms with E-state index in [-0.39, 0.29) is 23.8 Å². The first kappa shape index (κ1) is 19.0. The lowest BCUT2D eigenvalue weighted by molar-refractivity contribution is -0.137. The number of aromatic nitrogens is 4. The summed E-state index contributed by atoms with van der Waals surface area (Å²) in [7, 11) is 0. The van der Waals surface area contributed by atoms with Crippen molar-refractivity contribution in [1.29, 1.82) is 0 Å². The van der Waals surface area contributed by atoms with E-state index in [4.69, 9.17) is 0 Å². The van der Waals surface area contributed by atoms with Crippen LogP contribution in [0.5, 0.6) is 0 Å².